The Morgan fingerprint density at radius 2 is 2.12 bits per heavy atom. The monoisotopic (exact) mass is 243 g/mol. The third-order valence-corrected chi connectivity index (χ3v) is 3.24. The second-order valence-corrected chi connectivity index (χ2v) is 5.12. The molecule has 1 aliphatic rings. The van der Waals surface area contributed by atoms with Crippen LogP contribution in [0.4, 0.5) is 0 Å². The minimum Gasteiger partial charge on any atom is -0.481 e. The first-order valence-corrected chi connectivity index (χ1v) is 5.92. The summed E-state index contributed by atoms with van der Waals surface area (Å²) < 4.78 is 5.22. The van der Waals surface area contributed by atoms with Gasteiger partial charge in [-0.2, -0.15) is 0 Å². The fourth-order valence-electron chi connectivity index (χ4n) is 2.12. The van der Waals surface area contributed by atoms with Crippen LogP contribution in [0.25, 0.3) is 0 Å². The van der Waals surface area contributed by atoms with Crippen LogP contribution >= 0.6 is 0 Å². The Bertz CT molecular complexity index is 301. The average Bonchev–Trinajstić information content (AvgIpc) is 2.64. The molecule has 1 N–H and O–H groups in total. The van der Waals surface area contributed by atoms with Crippen molar-refractivity contribution in [2.24, 2.45) is 0 Å². The first-order valence-electron chi connectivity index (χ1n) is 5.92. The zero-order chi connectivity index (χ0) is 13.1. The number of ether oxygens (including phenoxy) is 1. The second kappa shape index (κ2) is 5.49. The molecule has 17 heavy (non-hydrogen) atoms. The van der Waals surface area contributed by atoms with Gasteiger partial charge < -0.3 is 14.7 Å². The van der Waals surface area contributed by atoms with E-state index < -0.39 is 11.6 Å². The summed E-state index contributed by atoms with van der Waals surface area (Å²) in [6, 6.07) is -0.146. The van der Waals surface area contributed by atoms with Crippen LogP contribution in [-0.2, 0) is 14.3 Å². The maximum absolute atomic E-state index is 12.1. The Labute approximate surface area is 102 Å². The van der Waals surface area contributed by atoms with Gasteiger partial charge in [-0.3, -0.25) is 9.59 Å². The predicted molar refractivity (Wildman–Crippen MR) is 62.7 cm³/mol. The van der Waals surface area contributed by atoms with Crippen molar-refractivity contribution in [3.8, 4) is 0 Å². The molecule has 1 heterocycles. The molecule has 1 rings (SSSR count). The van der Waals surface area contributed by atoms with Gasteiger partial charge in [-0.25, -0.2) is 0 Å². The van der Waals surface area contributed by atoms with Crippen molar-refractivity contribution >= 4 is 11.9 Å². The number of amides is 1. The molecule has 0 aromatic carbocycles. The molecular weight excluding hydrogens is 222 g/mol. The van der Waals surface area contributed by atoms with Gasteiger partial charge in [0.15, 0.2) is 0 Å². The zero-order valence-corrected chi connectivity index (χ0v) is 10.7. The van der Waals surface area contributed by atoms with E-state index in [0.29, 0.717) is 13.0 Å². The van der Waals surface area contributed by atoms with Crippen LogP contribution in [0.5, 0.6) is 0 Å². The lowest BCUT2D eigenvalue weighted by Crippen LogP contribution is -2.40. The normalized spacial score (nSPS) is 20.6. The molecule has 1 aliphatic heterocycles. The van der Waals surface area contributed by atoms with Crippen LogP contribution in [-0.4, -0.2) is 47.2 Å². The van der Waals surface area contributed by atoms with Gasteiger partial charge in [0.2, 0.25) is 5.91 Å². The molecule has 0 aliphatic carbocycles. The quantitative estimate of drug-likeness (QED) is 0.789. The van der Waals surface area contributed by atoms with Crippen molar-refractivity contribution < 1.29 is 19.4 Å². The van der Waals surface area contributed by atoms with Gasteiger partial charge in [0, 0.05) is 19.7 Å². The highest BCUT2D eigenvalue weighted by Gasteiger charge is 2.33. The molecule has 98 valence electrons. The maximum atomic E-state index is 12.1. The van der Waals surface area contributed by atoms with Crippen molar-refractivity contribution in [1.29, 1.82) is 0 Å². The summed E-state index contributed by atoms with van der Waals surface area (Å²) in [6.45, 7) is 4.37. The topological polar surface area (TPSA) is 66.8 Å². The molecule has 1 amide bonds. The van der Waals surface area contributed by atoms with E-state index in [2.05, 4.69) is 0 Å². The van der Waals surface area contributed by atoms with E-state index in [9.17, 15) is 9.59 Å². The number of carbonyl (C=O) groups is 2. The first kappa shape index (κ1) is 14.0. The van der Waals surface area contributed by atoms with Gasteiger partial charge >= 0.3 is 5.97 Å². The van der Waals surface area contributed by atoms with Gasteiger partial charge in [0.25, 0.3) is 0 Å². The van der Waals surface area contributed by atoms with E-state index in [0.717, 1.165) is 12.8 Å². The van der Waals surface area contributed by atoms with E-state index >= 15 is 0 Å². The number of carboxylic acids is 1. The third kappa shape index (κ3) is 4.00. The van der Waals surface area contributed by atoms with Crippen molar-refractivity contribution in [1.82, 2.24) is 4.90 Å². The summed E-state index contributed by atoms with van der Waals surface area (Å²) in [5.41, 5.74) is -0.493. The van der Waals surface area contributed by atoms with Crippen LogP contribution in [0, 0.1) is 0 Å². The largest absolute Gasteiger partial charge is 0.481 e. The Morgan fingerprint density at radius 1 is 1.47 bits per heavy atom. The number of hydrogen-bond donors (Lipinski definition) is 1. The summed E-state index contributed by atoms with van der Waals surface area (Å²) in [5.74, 6) is -0.860. The van der Waals surface area contributed by atoms with Crippen molar-refractivity contribution in [2.45, 2.75) is 51.2 Å². The Kier molecular flexibility index (Phi) is 4.51. The fraction of sp³-hybridized carbons (Fsp3) is 0.833. The number of methoxy groups -OCH3 is 1. The standard InChI is InChI=1S/C12H21NO4/c1-12(2,17-3)8-10(14)13-6-4-5-9(13)7-11(15)16/h9H,4-8H2,1-3H3,(H,15,16). The highest BCUT2D eigenvalue weighted by molar-refractivity contribution is 5.79. The lowest BCUT2D eigenvalue weighted by Gasteiger charge is -2.28. The molecule has 1 fully saturated rings. The SMILES string of the molecule is COC(C)(C)CC(=O)N1CCCC1CC(=O)O. The Hall–Kier alpha value is -1.10. The summed E-state index contributed by atoms with van der Waals surface area (Å²) in [4.78, 5) is 24.5. The minimum absolute atomic E-state index is 0.0133. The van der Waals surface area contributed by atoms with Crippen LogP contribution in [0.15, 0.2) is 0 Å². The van der Waals surface area contributed by atoms with Crippen LogP contribution < -0.4 is 0 Å². The van der Waals surface area contributed by atoms with Crippen LogP contribution in [0.2, 0.25) is 0 Å². The van der Waals surface area contributed by atoms with Crippen molar-refractivity contribution in [2.75, 3.05) is 13.7 Å². The minimum atomic E-state index is -0.847. The van der Waals surface area contributed by atoms with Gasteiger partial charge in [0.1, 0.15) is 0 Å². The summed E-state index contributed by atoms with van der Waals surface area (Å²) >= 11 is 0. The molecule has 0 spiro atoms. The Balaban J connectivity index is 2.59. The van der Waals surface area contributed by atoms with Gasteiger partial charge in [0.05, 0.1) is 18.4 Å². The molecular formula is C12H21NO4. The molecule has 0 aromatic rings. The molecule has 5 nitrogen and oxygen atoms in total. The van der Waals surface area contributed by atoms with Gasteiger partial charge in [-0.05, 0) is 26.7 Å². The van der Waals surface area contributed by atoms with Crippen molar-refractivity contribution in [3.63, 3.8) is 0 Å². The van der Waals surface area contributed by atoms with Gasteiger partial charge in [-0.15, -0.1) is 0 Å². The Morgan fingerprint density at radius 3 is 2.65 bits per heavy atom. The smallest absolute Gasteiger partial charge is 0.305 e. The highest BCUT2D eigenvalue weighted by atomic mass is 16.5. The van der Waals surface area contributed by atoms with Gasteiger partial charge in [-0.1, -0.05) is 0 Å². The highest BCUT2D eigenvalue weighted by Crippen LogP contribution is 2.24. The number of aliphatic carboxylic acids is 1. The van der Waals surface area contributed by atoms with E-state index in [1.165, 1.54) is 0 Å². The number of nitrogens with zero attached hydrogens (tertiary/aromatic N) is 1. The van der Waals surface area contributed by atoms with E-state index in [1.807, 2.05) is 13.8 Å². The molecule has 0 radical (unpaired) electrons. The fourth-order valence-corrected chi connectivity index (χ4v) is 2.12. The number of hydrogen-bond acceptors (Lipinski definition) is 3. The zero-order valence-electron chi connectivity index (χ0n) is 10.7. The van der Waals surface area contributed by atoms with Crippen LogP contribution in [0.3, 0.4) is 0 Å². The van der Waals surface area contributed by atoms with E-state index in [-0.39, 0.29) is 18.4 Å². The molecule has 0 aromatic heterocycles. The molecule has 1 atom stereocenters. The summed E-state index contributed by atoms with van der Waals surface area (Å²) in [7, 11) is 1.58. The van der Waals surface area contributed by atoms with E-state index in [1.54, 1.807) is 12.0 Å². The third-order valence-electron chi connectivity index (χ3n) is 3.24. The molecule has 0 saturated carbocycles. The first-order chi connectivity index (χ1) is 7.85. The van der Waals surface area contributed by atoms with Crippen molar-refractivity contribution in [3.05, 3.63) is 0 Å². The second-order valence-electron chi connectivity index (χ2n) is 5.12. The summed E-state index contributed by atoms with van der Waals surface area (Å²) in [5, 5.41) is 8.79. The number of rotatable bonds is 5. The summed E-state index contributed by atoms with van der Waals surface area (Å²) in [6.07, 6.45) is 2.00. The predicted octanol–water partition coefficient (Wildman–Crippen LogP) is 1.27. The lowest BCUT2D eigenvalue weighted by atomic mass is 10.0. The number of carbonyl (C=O) groups excluding carboxylic acids is 1. The lowest BCUT2D eigenvalue weighted by molar-refractivity contribution is -0.141. The number of likely N-dealkylation sites (tertiary alicyclic amines) is 1. The molecule has 0 bridgehead atoms. The molecule has 1 saturated heterocycles. The average molecular weight is 243 g/mol. The molecule has 5 heteroatoms. The maximum Gasteiger partial charge on any atom is 0.305 e. The van der Waals surface area contributed by atoms with E-state index in [4.69, 9.17) is 9.84 Å². The van der Waals surface area contributed by atoms with Crippen LogP contribution in [0.1, 0.15) is 39.5 Å². The molecule has 1 unspecified atom stereocenters. The number of carboxylic acid groups (broad SMARTS) is 1.